The normalized spacial score (nSPS) is 24.4. The molecule has 0 spiro atoms. The summed E-state index contributed by atoms with van der Waals surface area (Å²) in [5.41, 5.74) is 8.62. The van der Waals surface area contributed by atoms with Crippen molar-refractivity contribution < 1.29 is 4.79 Å². The van der Waals surface area contributed by atoms with Crippen molar-refractivity contribution in [1.29, 1.82) is 5.26 Å². The van der Waals surface area contributed by atoms with Gasteiger partial charge >= 0.3 is 0 Å². The molecule has 2 aromatic carbocycles. The number of aliphatic imine (C=N–C) groups is 1. The summed E-state index contributed by atoms with van der Waals surface area (Å²) in [4.78, 5) is 21.9. The number of guanidine groups is 1. The molecule has 0 radical (unpaired) electrons. The number of hydrogen-bond donors (Lipinski definition) is 1. The Balaban J connectivity index is 1.77. The molecule has 0 bridgehead atoms. The van der Waals surface area contributed by atoms with Crippen LogP contribution in [-0.2, 0) is 10.3 Å². The van der Waals surface area contributed by atoms with Crippen molar-refractivity contribution in [3.63, 3.8) is 0 Å². The van der Waals surface area contributed by atoms with Gasteiger partial charge in [0.2, 0.25) is 5.91 Å². The second kappa shape index (κ2) is 7.83. The van der Waals surface area contributed by atoms with Crippen molar-refractivity contribution >= 4 is 17.6 Å². The van der Waals surface area contributed by atoms with Gasteiger partial charge in [-0.3, -0.25) is 9.69 Å². The Hall–Kier alpha value is -3.33. The van der Waals surface area contributed by atoms with Crippen LogP contribution in [0, 0.1) is 11.3 Å². The topological polar surface area (TPSA) is 85.7 Å². The van der Waals surface area contributed by atoms with Gasteiger partial charge in [-0.1, -0.05) is 24.3 Å². The molecule has 0 saturated carbocycles. The lowest BCUT2D eigenvalue weighted by Crippen LogP contribution is -2.52. The Labute approximate surface area is 177 Å². The van der Waals surface area contributed by atoms with Gasteiger partial charge in [0.05, 0.1) is 17.6 Å². The summed E-state index contributed by atoms with van der Waals surface area (Å²) >= 11 is 0. The molecule has 2 N–H and O–H groups in total. The lowest BCUT2D eigenvalue weighted by atomic mass is 9.74. The van der Waals surface area contributed by atoms with Crippen LogP contribution in [-0.4, -0.2) is 36.9 Å². The van der Waals surface area contributed by atoms with Crippen LogP contribution in [0.5, 0.6) is 0 Å². The number of amides is 1. The number of carbonyl (C=O) groups excluding carboxylic acids is 1. The van der Waals surface area contributed by atoms with Crippen molar-refractivity contribution in [2.45, 2.75) is 37.6 Å². The molecule has 4 rings (SSSR count). The predicted molar refractivity (Wildman–Crippen MR) is 118 cm³/mol. The van der Waals surface area contributed by atoms with Crippen LogP contribution in [0.1, 0.15) is 48.8 Å². The highest BCUT2D eigenvalue weighted by atomic mass is 16.2. The van der Waals surface area contributed by atoms with Gasteiger partial charge in [-0.05, 0) is 61.6 Å². The Bertz CT molecular complexity index is 1020. The second-order valence-electron chi connectivity index (χ2n) is 8.28. The van der Waals surface area contributed by atoms with Crippen LogP contribution in [0.2, 0.25) is 0 Å². The second-order valence-corrected chi connectivity index (χ2v) is 8.28. The molecule has 2 atom stereocenters. The number of anilines is 1. The largest absolute Gasteiger partial charge is 0.372 e. The minimum absolute atomic E-state index is 0.0990. The number of likely N-dealkylation sites (N-methyl/N-ethyl adjacent to an activating group) is 1. The fourth-order valence-corrected chi connectivity index (χ4v) is 4.56. The van der Waals surface area contributed by atoms with E-state index in [0.717, 1.165) is 24.2 Å². The molecular formula is C24H27N5O. The standard InChI is InChI=1S/C24H27N5O/c1-24(19-8-6-7-17(15-19)16-25)21(22(30)28(2)23(26)27-24)18-9-11-20(12-10-18)29-13-4-3-5-14-29/h6-12,15,21H,3-5,13-14H2,1-2H3,(H2,26,27)/t21-,24+/m0/s1. The zero-order valence-electron chi connectivity index (χ0n) is 17.5. The minimum Gasteiger partial charge on any atom is -0.372 e. The number of nitriles is 1. The zero-order chi connectivity index (χ0) is 21.3. The highest BCUT2D eigenvalue weighted by molar-refractivity contribution is 6.02. The van der Waals surface area contributed by atoms with Crippen molar-refractivity contribution in [3.05, 3.63) is 65.2 Å². The van der Waals surface area contributed by atoms with E-state index in [1.807, 2.05) is 31.2 Å². The number of benzene rings is 2. The quantitative estimate of drug-likeness (QED) is 0.855. The third-order valence-electron chi connectivity index (χ3n) is 6.35. The van der Waals surface area contributed by atoms with Crippen LogP contribution in [0.25, 0.3) is 0 Å². The first-order chi connectivity index (χ1) is 14.4. The van der Waals surface area contributed by atoms with Crippen LogP contribution < -0.4 is 10.6 Å². The molecule has 1 saturated heterocycles. The first kappa shape index (κ1) is 20.0. The average Bonchev–Trinajstić information content (AvgIpc) is 2.79. The van der Waals surface area contributed by atoms with Gasteiger partial charge in [0, 0.05) is 25.8 Å². The zero-order valence-corrected chi connectivity index (χ0v) is 17.5. The Morgan fingerprint density at radius 1 is 1.13 bits per heavy atom. The summed E-state index contributed by atoms with van der Waals surface area (Å²) in [6, 6.07) is 17.7. The highest BCUT2D eigenvalue weighted by Crippen LogP contribution is 2.44. The van der Waals surface area contributed by atoms with Gasteiger partial charge < -0.3 is 10.6 Å². The van der Waals surface area contributed by atoms with Gasteiger partial charge in [-0.15, -0.1) is 0 Å². The molecule has 30 heavy (non-hydrogen) atoms. The maximum absolute atomic E-state index is 13.4. The van der Waals surface area contributed by atoms with E-state index in [4.69, 9.17) is 10.7 Å². The van der Waals surface area contributed by atoms with Crippen molar-refractivity contribution in [1.82, 2.24) is 4.90 Å². The first-order valence-electron chi connectivity index (χ1n) is 10.4. The summed E-state index contributed by atoms with van der Waals surface area (Å²) in [5.74, 6) is -0.441. The van der Waals surface area contributed by atoms with E-state index in [9.17, 15) is 10.1 Å². The molecule has 2 aliphatic rings. The Morgan fingerprint density at radius 2 is 1.83 bits per heavy atom. The van der Waals surface area contributed by atoms with Gasteiger partial charge in [-0.2, -0.15) is 5.26 Å². The summed E-state index contributed by atoms with van der Waals surface area (Å²) < 4.78 is 0. The van der Waals surface area contributed by atoms with Gasteiger partial charge in [0.1, 0.15) is 5.54 Å². The van der Waals surface area contributed by atoms with E-state index in [1.165, 1.54) is 29.8 Å². The van der Waals surface area contributed by atoms with E-state index >= 15 is 0 Å². The fraction of sp³-hybridized carbons (Fsp3) is 0.375. The number of nitrogens with two attached hydrogens (primary N) is 1. The number of rotatable bonds is 3. The van der Waals surface area contributed by atoms with Crippen LogP contribution in [0.3, 0.4) is 0 Å². The van der Waals surface area contributed by atoms with Crippen LogP contribution >= 0.6 is 0 Å². The lowest BCUT2D eigenvalue weighted by Gasteiger charge is -2.41. The SMILES string of the molecule is CN1C(=O)[C@H](c2ccc(N3CCCCC3)cc2)[C@@](C)(c2cccc(C#N)c2)N=C1N. The molecule has 6 nitrogen and oxygen atoms in total. The average molecular weight is 402 g/mol. The molecule has 1 amide bonds. The van der Waals surface area contributed by atoms with Gasteiger partial charge in [-0.25, -0.2) is 4.99 Å². The maximum atomic E-state index is 13.4. The molecule has 1 fully saturated rings. The Morgan fingerprint density at radius 3 is 2.50 bits per heavy atom. The van der Waals surface area contributed by atoms with E-state index in [2.05, 4.69) is 23.1 Å². The number of carbonyl (C=O) groups is 1. The third kappa shape index (κ3) is 3.41. The molecule has 6 heteroatoms. The number of piperidine rings is 1. The van der Waals surface area contributed by atoms with E-state index in [-0.39, 0.29) is 11.9 Å². The Kier molecular flexibility index (Phi) is 5.21. The first-order valence-corrected chi connectivity index (χ1v) is 10.4. The predicted octanol–water partition coefficient (Wildman–Crippen LogP) is 3.33. The van der Waals surface area contributed by atoms with E-state index in [0.29, 0.717) is 5.56 Å². The van der Waals surface area contributed by atoms with Crippen LogP contribution in [0.15, 0.2) is 53.5 Å². The minimum atomic E-state index is -0.896. The molecular weight excluding hydrogens is 374 g/mol. The highest BCUT2D eigenvalue weighted by Gasteiger charge is 2.47. The van der Waals surface area contributed by atoms with Gasteiger partial charge in [0.25, 0.3) is 0 Å². The van der Waals surface area contributed by atoms with E-state index < -0.39 is 11.5 Å². The number of nitrogens with zero attached hydrogens (tertiary/aromatic N) is 4. The summed E-state index contributed by atoms with van der Waals surface area (Å²) in [6.45, 7) is 4.07. The smallest absolute Gasteiger partial charge is 0.239 e. The van der Waals surface area contributed by atoms with Crippen molar-refractivity contribution in [2.75, 3.05) is 25.0 Å². The summed E-state index contributed by atoms with van der Waals surface area (Å²) in [6.07, 6.45) is 3.72. The van der Waals surface area contributed by atoms with Crippen molar-refractivity contribution in [2.24, 2.45) is 10.7 Å². The lowest BCUT2D eigenvalue weighted by molar-refractivity contribution is -0.130. The number of hydrogen-bond acceptors (Lipinski definition) is 5. The molecule has 0 aliphatic carbocycles. The molecule has 2 heterocycles. The molecule has 154 valence electrons. The molecule has 2 aliphatic heterocycles. The van der Waals surface area contributed by atoms with Crippen LogP contribution in [0.4, 0.5) is 5.69 Å². The monoisotopic (exact) mass is 401 g/mol. The molecule has 0 unspecified atom stereocenters. The maximum Gasteiger partial charge on any atom is 0.239 e. The van der Waals surface area contributed by atoms with E-state index in [1.54, 1.807) is 19.2 Å². The van der Waals surface area contributed by atoms with Crippen molar-refractivity contribution in [3.8, 4) is 6.07 Å². The fourth-order valence-electron chi connectivity index (χ4n) is 4.56. The molecule has 2 aromatic rings. The summed E-state index contributed by atoms with van der Waals surface area (Å²) in [5, 5.41) is 9.34. The third-order valence-corrected chi connectivity index (χ3v) is 6.35. The summed E-state index contributed by atoms with van der Waals surface area (Å²) in [7, 11) is 1.65. The molecule has 0 aromatic heterocycles. The van der Waals surface area contributed by atoms with Gasteiger partial charge in [0.15, 0.2) is 5.96 Å².